The normalized spacial score (nSPS) is 19.6. The van der Waals surface area contributed by atoms with Crippen molar-refractivity contribution >= 4 is 37.2 Å². The van der Waals surface area contributed by atoms with E-state index in [2.05, 4.69) is 15.3 Å². The molecule has 0 spiro atoms. The monoisotopic (exact) mass is 363 g/mol. The van der Waals surface area contributed by atoms with E-state index in [-0.39, 0.29) is 23.4 Å². The lowest BCUT2D eigenvalue weighted by Gasteiger charge is -2.11. The van der Waals surface area contributed by atoms with Crippen LogP contribution in [0, 0.1) is 5.82 Å². The molecule has 24 heavy (non-hydrogen) atoms. The van der Waals surface area contributed by atoms with E-state index >= 15 is 0 Å². The number of rotatable bonds is 3. The van der Waals surface area contributed by atoms with E-state index in [0.717, 1.165) is 20.7 Å². The minimum absolute atomic E-state index is 0.121. The Morgan fingerprint density at radius 1 is 1.21 bits per heavy atom. The maximum Gasteiger partial charge on any atom is 0.152 e. The zero-order valence-corrected chi connectivity index (χ0v) is 14.2. The lowest BCUT2D eigenvalue weighted by Crippen LogP contribution is -2.21. The van der Waals surface area contributed by atoms with E-state index in [9.17, 15) is 12.8 Å². The molecule has 3 aromatic rings. The zero-order valence-electron chi connectivity index (χ0n) is 12.6. The van der Waals surface area contributed by atoms with Gasteiger partial charge in [0.2, 0.25) is 0 Å². The summed E-state index contributed by atoms with van der Waals surface area (Å²) in [4.78, 5) is 9.51. The fourth-order valence-corrected chi connectivity index (χ4v) is 5.56. The SMILES string of the molecule is O=S1(=O)CCC(Nc2ncnc3cc(-c4ccc(F)cc4)sc23)C1. The van der Waals surface area contributed by atoms with Crippen molar-refractivity contribution in [2.75, 3.05) is 16.8 Å². The summed E-state index contributed by atoms with van der Waals surface area (Å²) in [7, 11) is -2.95. The molecule has 1 aromatic carbocycles. The number of thiophene rings is 1. The summed E-state index contributed by atoms with van der Waals surface area (Å²) in [5.41, 5.74) is 1.70. The third-order valence-electron chi connectivity index (χ3n) is 4.01. The second-order valence-electron chi connectivity index (χ2n) is 5.80. The van der Waals surface area contributed by atoms with Crippen LogP contribution >= 0.6 is 11.3 Å². The quantitative estimate of drug-likeness (QED) is 0.774. The topological polar surface area (TPSA) is 72.0 Å². The van der Waals surface area contributed by atoms with Gasteiger partial charge in [-0.25, -0.2) is 22.8 Å². The van der Waals surface area contributed by atoms with Gasteiger partial charge in [0.25, 0.3) is 0 Å². The largest absolute Gasteiger partial charge is 0.365 e. The van der Waals surface area contributed by atoms with Gasteiger partial charge in [-0.1, -0.05) is 12.1 Å². The molecule has 1 fully saturated rings. The Morgan fingerprint density at radius 2 is 2.00 bits per heavy atom. The van der Waals surface area contributed by atoms with Crippen LogP contribution in [0.25, 0.3) is 20.7 Å². The maximum absolute atomic E-state index is 13.1. The van der Waals surface area contributed by atoms with Crippen molar-refractivity contribution in [1.29, 1.82) is 0 Å². The second-order valence-corrected chi connectivity index (χ2v) is 9.08. The molecule has 0 bridgehead atoms. The molecule has 0 saturated carbocycles. The molecule has 1 aliphatic heterocycles. The molecule has 1 unspecified atom stereocenters. The number of halogens is 1. The van der Waals surface area contributed by atoms with Gasteiger partial charge < -0.3 is 5.32 Å². The van der Waals surface area contributed by atoms with E-state index in [4.69, 9.17) is 0 Å². The zero-order chi connectivity index (χ0) is 16.7. The molecule has 0 amide bonds. The van der Waals surface area contributed by atoms with Crippen LogP contribution in [-0.4, -0.2) is 35.9 Å². The number of anilines is 1. The third kappa shape index (κ3) is 2.99. The van der Waals surface area contributed by atoms with Gasteiger partial charge in [0.05, 0.1) is 21.7 Å². The number of fused-ring (bicyclic) bond motifs is 1. The molecule has 2 aromatic heterocycles. The Labute approximate surface area is 142 Å². The van der Waals surface area contributed by atoms with E-state index in [1.807, 2.05) is 6.07 Å². The Kier molecular flexibility index (Phi) is 3.73. The van der Waals surface area contributed by atoms with Crippen molar-refractivity contribution in [2.45, 2.75) is 12.5 Å². The van der Waals surface area contributed by atoms with Crippen molar-refractivity contribution in [3.05, 3.63) is 42.5 Å². The maximum atomic E-state index is 13.1. The Hall–Kier alpha value is -2.06. The van der Waals surface area contributed by atoms with Gasteiger partial charge in [-0.05, 0) is 30.2 Å². The number of nitrogens with zero attached hydrogens (tertiary/aromatic N) is 2. The highest BCUT2D eigenvalue weighted by atomic mass is 32.2. The van der Waals surface area contributed by atoms with Crippen LogP contribution in [-0.2, 0) is 9.84 Å². The van der Waals surface area contributed by atoms with Gasteiger partial charge in [-0.15, -0.1) is 11.3 Å². The summed E-state index contributed by atoms with van der Waals surface area (Å²) in [6, 6.07) is 8.12. The average Bonchev–Trinajstić information content (AvgIpc) is 3.12. The van der Waals surface area contributed by atoms with Crippen LogP contribution in [0.1, 0.15) is 6.42 Å². The molecule has 4 rings (SSSR count). The van der Waals surface area contributed by atoms with Gasteiger partial charge in [-0.3, -0.25) is 0 Å². The van der Waals surface area contributed by atoms with Gasteiger partial charge >= 0.3 is 0 Å². The molecular weight excluding hydrogens is 349 g/mol. The first-order valence-electron chi connectivity index (χ1n) is 7.48. The first kappa shape index (κ1) is 15.5. The highest BCUT2D eigenvalue weighted by Crippen LogP contribution is 2.36. The fourth-order valence-electron chi connectivity index (χ4n) is 2.82. The van der Waals surface area contributed by atoms with E-state index in [1.165, 1.54) is 29.8 Å². The third-order valence-corrected chi connectivity index (χ3v) is 6.96. The molecular formula is C16H14FN3O2S2. The summed E-state index contributed by atoms with van der Waals surface area (Å²) in [6.07, 6.45) is 2.05. The molecule has 124 valence electrons. The van der Waals surface area contributed by atoms with Crippen LogP contribution in [0.3, 0.4) is 0 Å². The predicted octanol–water partition coefficient (Wildman–Crippen LogP) is 3.10. The number of nitrogens with one attached hydrogen (secondary N) is 1. The molecule has 1 N–H and O–H groups in total. The van der Waals surface area contributed by atoms with Crippen molar-refractivity contribution in [1.82, 2.24) is 9.97 Å². The molecule has 8 heteroatoms. The Bertz CT molecular complexity index is 1000. The highest BCUT2D eigenvalue weighted by molar-refractivity contribution is 7.91. The fraction of sp³-hybridized carbons (Fsp3) is 0.250. The van der Waals surface area contributed by atoms with Crippen molar-refractivity contribution in [3.8, 4) is 10.4 Å². The number of benzene rings is 1. The molecule has 1 saturated heterocycles. The minimum Gasteiger partial charge on any atom is -0.365 e. The molecule has 0 radical (unpaired) electrons. The van der Waals surface area contributed by atoms with Gasteiger partial charge in [0.1, 0.15) is 18.0 Å². The van der Waals surface area contributed by atoms with E-state index in [0.29, 0.717) is 12.2 Å². The van der Waals surface area contributed by atoms with Crippen LogP contribution < -0.4 is 5.32 Å². The van der Waals surface area contributed by atoms with Crippen LogP contribution in [0.5, 0.6) is 0 Å². The van der Waals surface area contributed by atoms with Gasteiger partial charge in [0.15, 0.2) is 9.84 Å². The van der Waals surface area contributed by atoms with Gasteiger partial charge in [-0.2, -0.15) is 0 Å². The summed E-state index contributed by atoms with van der Waals surface area (Å²) in [5.74, 6) is 0.726. The highest BCUT2D eigenvalue weighted by Gasteiger charge is 2.28. The number of sulfone groups is 1. The summed E-state index contributed by atoms with van der Waals surface area (Å²) < 4.78 is 37.2. The Balaban J connectivity index is 1.68. The van der Waals surface area contributed by atoms with Crippen LogP contribution in [0.4, 0.5) is 10.2 Å². The number of hydrogen-bond donors (Lipinski definition) is 1. The summed E-state index contributed by atoms with van der Waals surface area (Å²) in [5, 5.41) is 3.23. The van der Waals surface area contributed by atoms with E-state index in [1.54, 1.807) is 12.1 Å². The van der Waals surface area contributed by atoms with E-state index < -0.39 is 9.84 Å². The van der Waals surface area contributed by atoms with Crippen LogP contribution in [0.15, 0.2) is 36.7 Å². The molecule has 0 aliphatic carbocycles. The van der Waals surface area contributed by atoms with Crippen LogP contribution in [0.2, 0.25) is 0 Å². The number of hydrogen-bond acceptors (Lipinski definition) is 6. The Morgan fingerprint density at radius 3 is 2.71 bits per heavy atom. The lowest BCUT2D eigenvalue weighted by atomic mass is 10.2. The predicted molar refractivity (Wildman–Crippen MR) is 93.5 cm³/mol. The number of aromatic nitrogens is 2. The van der Waals surface area contributed by atoms with Crippen molar-refractivity contribution in [3.63, 3.8) is 0 Å². The van der Waals surface area contributed by atoms with Gasteiger partial charge in [0, 0.05) is 10.9 Å². The lowest BCUT2D eigenvalue weighted by molar-refractivity contribution is 0.602. The smallest absolute Gasteiger partial charge is 0.152 e. The van der Waals surface area contributed by atoms with Crippen molar-refractivity contribution in [2.24, 2.45) is 0 Å². The first-order valence-corrected chi connectivity index (χ1v) is 10.1. The standard InChI is InChI=1S/C16H14FN3O2S2/c17-11-3-1-10(2-4-11)14-7-13-15(23-14)16(19-9-18-13)20-12-5-6-24(21,22)8-12/h1-4,7,9,12H,5-6,8H2,(H,18,19,20). The summed E-state index contributed by atoms with van der Waals surface area (Å²) >= 11 is 1.51. The summed E-state index contributed by atoms with van der Waals surface area (Å²) in [6.45, 7) is 0. The second kappa shape index (κ2) is 5.78. The van der Waals surface area contributed by atoms with Crippen molar-refractivity contribution < 1.29 is 12.8 Å². The molecule has 5 nitrogen and oxygen atoms in total. The average molecular weight is 363 g/mol. The minimum atomic E-state index is -2.95. The first-order chi connectivity index (χ1) is 11.5. The molecule has 3 heterocycles. The molecule has 1 aliphatic rings. The molecule has 1 atom stereocenters.